The van der Waals surface area contributed by atoms with Crippen molar-refractivity contribution >= 4 is 17.0 Å². The molecule has 3 rings (SSSR count). The fraction of sp³-hybridized carbons (Fsp3) is 0. The first-order valence-electron chi connectivity index (χ1n) is 5.80. The smallest absolute Gasteiger partial charge is 0.335 e. The molecular weight excluding hydrogens is 260 g/mol. The number of nitrogens with zero attached hydrogens (tertiary/aromatic N) is 1. The number of hydrogen-bond donors (Lipinski definition) is 4. The minimum Gasteiger partial charge on any atom is -0.508 e. The number of imidazole rings is 1. The molecule has 100 valence electrons. The Kier molecular flexibility index (Phi) is 2.57. The highest BCUT2D eigenvalue weighted by molar-refractivity contribution is 5.93. The SMILES string of the molecule is O=C(O)c1ccc2nc(-c3ccc(O)cc3O)[nH]c2c1. The summed E-state index contributed by atoms with van der Waals surface area (Å²) in [7, 11) is 0. The maximum Gasteiger partial charge on any atom is 0.335 e. The number of aromatic hydroxyl groups is 2. The first-order valence-corrected chi connectivity index (χ1v) is 5.80. The van der Waals surface area contributed by atoms with Crippen LogP contribution in [-0.4, -0.2) is 31.3 Å². The van der Waals surface area contributed by atoms with Gasteiger partial charge in [0.2, 0.25) is 0 Å². The third-order valence-electron chi connectivity index (χ3n) is 2.97. The Bertz CT molecular complexity index is 823. The fourth-order valence-electron chi connectivity index (χ4n) is 1.99. The quantitative estimate of drug-likeness (QED) is 0.571. The molecule has 2 aromatic carbocycles. The van der Waals surface area contributed by atoms with Gasteiger partial charge in [0.15, 0.2) is 0 Å². The molecule has 1 aromatic heterocycles. The maximum absolute atomic E-state index is 10.9. The van der Waals surface area contributed by atoms with Crippen LogP contribution in [0.3, 0.4) is 0 Å². The fourth-order valence-corrected chi connectivity index (χ4v) is 1.99. The summed E-state index contributed by atoms with van der Waals surface area (Å²) >= 11 is 0. The van der Waals surface area contributed by atoms with Gasteiger partial charge in [-0.3, -0.25) is 0 Å². The van der Waals surface area contributed by atoms with Crippen LogP contribution >= 0.6 is 0 Å². The van der Waals surface area contributed by atoms with Gasteiger partial charge in [-0.05, 0) is 30.3 Å². The van der Waals surface area contributed by atoms with Crippen LogP contribution in [0, 0.1) is 0 Å². The lowest BCUT2D eigenvalue weighted by Gasteiger charge is -2.01. The topological polar surface area (TPSA) is 106 Å². The van der Waals surface area contributed by atoms with Gasteiger partial charge in [-0.25, -0.2) is 9.78 Å². The highest BCUT2D eigenvalue weighted by atomic mass is 16.4. The number of phenolic OH excluding ortho intramolecular Hbond substituents is 2. The largest absolute Gasteiger partial charge is 0.508 e. The zero-order chi connectivity index (χ0) is 14.3. The molecule has 0 spiro atoms. The predicted molar refractivity (Wildman–Crippen MR) is 71.8 cm³/mol. The summed E-state index contributed by atoms with van der Waals surface area (Å²) in [5.74, 6) is -0.770. The standard InChI is InChI=1S/C14H10N2O4/c17-8-2-3-9(12(18)6-8)13-15-10-4-1-7(14(19)20)5-11(10)16-13/h1-6,17-18H,(H,15,16)(H,19,20). The van der Waals surface area contributed by atoms with E-state index in [4.69, 9.17) is 5.11 Å². The van der Waals surface area contributed by atoms with E-state index in [1.54, 1.807) is 6.07 Å². The summed E-state index contributed by atoms with van der Waals surface area (Å²) in [6.07, 6.45) is 0. The second-order valence-electron chi connectivity index (χ2n) is 4.32. The molecule has 0 amide bonds. The second-order valence-corrected chi connectivity index (χ2v) is 4.32. The van der Waals surface area contributed by atoms with E-state index >= 15 is 0 Å². The zero-order valence-corrected chi connectivity index (χ0v) is 10.2. The number of carbonyl (C=O) groups is 1. The van der Waals surface area contributed by atoms with Gasteiger partial charge in [-0.1, -0.05) is 0 Å². The summed E-state index contributed by atoms with van der Waals surface area (Å²) in [4.78, 5) is 18.1. The van der Waals surface area contributed by atoms with Crippen LogP contribution in [0.4, 0.5) is 0 Å². The van der Waals surface area contributed by atoms with Crippen molar-refractivity contribution in [2.24, 2.45) is 0 Å². The summed E-state index contributed by atoms with van der Waals surface area (Å²) in [5, 5.41) is 28.0. The molecule has 6 nitrogen and oxygen atoms in total. The molecule has 20 heavy (non-hydrogen) atoms. The van der Waals surface area contributed by atoms with Crippen LogP contribution in [-0.2, 0) is 0 Å². The van der Waals surface area contributed by atoms with Crippen molar-refractivity contribution in [1.29, 1.82) is 0 Å². The molecule has 0 saturated heterocycles. The van der Waals surface area contributed by atoms with Crippen LogP contribution < -0.4 is 0 Å². The molecule has 0 aliphatic heterocycles. The van der Waals surface area contributed by atoms with Gasteiger partial charge in [-0.15, -0.1) is 0 Å². The summed E-state index contributed by atoms with van der Waals surface area (Å²) < 4.78 is 0. The Balaban J connectivity index is 2.15. The van der Waals surface area contributed by atoms with Crippen molar-refractivity contribution in [3.8, 4) is 22.9 Å². The highest BCUT2D eigenvalue weighted by Crippen LogP contribution is 2.31. The number of carboxylic acid groups (broad SMARTS) is 1. The normalized spacial score (nSPS) is 10.8. The zero-order valence-electron chi connectivity index (χ0n) is 10.2. The second kappa shape index (κ2) is 4.27. The molecule has 4 N–H and O–H groups in total. The van der Waals surface area contributed by atoms with Gasteiger partial charge in [0.05, 0.1) is 22.2 Å². The van der Waals surface area contributed by atoms with Gasteiger partial charge >= 0.3 is 5.97 Å². The van der Waals surface area contributed by atoms with Gasteiger partial charge in [0, 0.05) is 6.07 Å². The van der Waals surface area contributed by atoms with Gasteiger partial charge < -0.3 is 20.3 Å². The van der Waals surface area contributed by atoms with Crippen LogP contribution in [0.15, 0.2) is 36.4 Å². The van der Waals surface area contributed by atoms with E-state index < -0.39 is 5.97 Å². The van der Waals surface area contributed by atoms with Gasteiger partial charge in [0.25, 0.3) is 0 Å². The van der Waals surface area contributed by atoms with E-state index in [1.165, 1.54) is 30.3 Å². The number of aromatic nitrogens is 2. The Hall–Kier alpha value is -3.02. The van der Waals surface area contributed by atoms with Crippen molar-refractivity contribution in [1.82, 2.24) is 9.97 Å². The summed E-state index contributed by atoms with van der Waals surface area (Å²) in [6.45, 7) is 0. The Morgan fingerprint density at radius 1 is 1.10 bits per heavy atom. The number of aromatic carboxylic acids is 1. The number of H-pyrrole nitrogens is 1. The van der Waals surface area contributed by atoms with Crippen LogP contribution in [0.1, 0.15) is 10.4 Å². The molecular formula is C14H10N2O4. The van der Waals surface area contributed by atoms with E-state index in [9.17, 15) is 15.0 Å². The molecule has 0 radical (unpaired) electrons. The number of nitrogens with one attached hydrogen (secondary N) is 1. The number of hydrogen-bond acceptors (Lipinski definition) is 4. The van der Waals surface area contributed by atoms with Crippen LogP contribution in [0.5, 0.6) is 11.5 Å². The predicted octanol–water partition coefficient (Wildman–Crippen LogP) is 2.34. The van der Waals surface area contributed by atoms with Crippen LogP contribution in [0.25, 0.3) is 22.4 Å². The highest BCUT2D eigenvalue weighted by Gasteiger charge is 2.11. The maximum atomic E-state index is 10.9. The molecule has 0 aliphatic carbocycles. The molecule has 6 heteroatoms. The minimum atomic E-state index is -1.02. The molecule has 1 heterocycles. The molecule has 0 atom stereocenters. The third kappa shape index (κ3) is 1.93. The summed E-state index contributed by atoms with van der Waals surface area (Å²) in [6, 6.07) is 8.71. The Morgan fingerprint density at radius 3 is 2.60 bits per heavy atom. The molecule has 3 aromatic rings. The van der Waals surface area contributed by atoms with E-state index in [-0.39, 0.29) is 17.1 Å². The Labute approximate surface area is 113 Å². The summed E-state index contributed by atoms with van der Waals surface area (Å²) in [5.41, 5.74) is 1.74. The number of aromatic amines is 1. The lowest BCUT2D eigenvalue weighted by Crippen LogP contribution is -1.94. The average Bonchev–Trinajstić information content (AvgIpc) is 2.80. The lowest BCUT2D eigenvalue weighted by molar-refractivity contribution is 0.0697. The molecule has 0 saturated carbocycles. The van der Waals surface area contributed by atoms with Crippen molar-refractivity contribution in [2.45, 2.75) is 0 Å². The number of carboxylic acids is 1. The molecule has 0 bridgehead atoms. The van der Waals surface area contributed by atoms with E-state index in [2.05, 4.69) is 9.97 Å². The third-order valence-corrected chi connectivity index (χ3v) is 2.97. The first-order chi connectivity index (χ1) is 9.54. The van der Waals surface area contributed by atoms with Crippen molar-refractivity contribution in [2.75, 3.05) is 0 Å². The molecule has 0 unspecified atom stereocenters. The van der Waals surface area contributed by atoms with E-state index in [0.717, 1.165) is 0 Å². The average molecular weight is 270 g/mol. The van der Waals surface area contributed by atoms with Crippen molar-refractivity contribution < 1.29 is 20.1 Å². The van der Waals surface area contributed by atoms with Gasteiger partial charge in [-0.2, -0.15) is 0 Å². The van der Waals surface area contributed by atoms with E-state index in [0.29, 0.717) is 22.4 Å². The number of fused-ring (bicyclic) bond motifs is 1. The van der Waals surface area contributed by atoms with Crippen LogP contribution in [0.2, 0.25) is 0 Å². The molecule has 0 fully saturated rings. The number of phenols is 2. The van der Waals surface area contributed by atoms with E-state index in [1.807, 2.05) is 0 Å². The minimum absolute atomic E-state index is 0.0458. The number of rotatable bonds is 2. The Morgan fingerprint density at radius 2 is 1.90 bits per heavy atom. The van der Waals surface area contributed by atoms with Crippen molar-refractivity contribution in [3.05, 3.63) is 42.0 Å². The first kappa shape index (κ1) is 12.0. The lowest BCUT2D eigenvalue weighted by atomic mass is 10.2. The van der Waals surface area contributed by atoms with Gasteiger partial charge in [0.1, 0.15) is 17.3 Å². The van der Waals surface area contributed by atoms with Crippen molar-refractivity contribution in [3.63, 3.8) is 0 Å². The molecule has 0 aliphatic rings. The number of benzene rings is 2. The monoisotopic (exact) mass is 270 g/mol.